The van der Waals surface area contributed by atoms with Crippen LogP contribution in [0.2, 0.25) is 5.02 Å². The van der Waals surface area contributed by atoms with Crippen LogP contribution in [0.25, 0.3) is 0 Å². The molecule has 2 rings (SSSR count). The van der Waals surface area contributed by atoms with Crippen LogP contribution in [-0.2, 0) is 11.3 Å². The van der Waals surface area contributed by atoms with E-state index in [4.69, 9.17) is 11.6 Å². The van der Waals surface area contributed by atoms with E-state index in [9.17, 15) is 14.0 Å². The zero-order valence-corrected chi connectivity index (χ0v) is 13.3. The standard InChI is InChI=1S/C17H16ClFN2O2/c1-21(11-13-5-2-3-8-15(13)19)16(22)10-20-17(23)12-6-4-7-14(18)9-12/h2-9H,10-11H2,1H3,(H,20,23). The van der Waals surface area contributed by atoms with Gasteiger partial charge in [-0.3, -0.25) is 9.59 Å². The molecule has 23 heavy (non-hydrogen) atoms. The zero-order chi connectivity index (χ0) is 16.8. The largest absolute Gasteiger partial charge is 0.343 e. The first-order valence-electron chi connectivity index (χ1n) is 6.98. The van der Waals surface area contributed by atoms with Crippen molar-refractivity contribution in [3.8, 4) is 0 Å². The first kappa shape index (κ1) is 17.0. The lowest BCUT2D eigenvalue weighted by atomic mass is 10.2. The van der Waals surface area contributed by atoms with Gasteiger partial charge in [-0.05, 0) is 24.3 Å². The Kier molecular flexibility index (Phi) is 5.71. The van der Waals surface area contributed by atoms with E-state index in [2.05, 4.69) is 5.32 Å². The van der Waals surface area contributed by atoms with Crippen LogP contribution in [0.15, 0.2) is 48.5 Å². The number of nitrogens with zero attached hydrogens (tertiary/aromatic N) is 1. The Morgan fingerprint density at radius 2 is 1.91 bits per heavy atom. The van der Waals surface area contributed by atoms with Gasteiger partial charge in [0, 0.05) is 29.7 Å². The Labute approximate surface area is 138 Å². The van der Waals surface area contributed by atoms with Crippen LogP contribution in [0.4, 0.5) is 4.39 Å². The van der Waals surface area contributed by atoms with Crippen molar-refractivity contribution < 1.29 is 14.0 Å². The molecular formula is C17H16ClFN2O2. The summed E-state index contributed by atoms with van der Waals surface area (Å²) in [5.41, 5.74) is 0.798. The third-order valence-corrected chi connectivity index (χ3v) is 3.51. The van der Waals surface area contributed by atoms with E-state index in [-0.39, 0.29) is 30.7 Å². The summed E-state index contributed by atoms with van der Waals surface area (Å²) in [6.07, 6.45) is 0. The molecule has 6 heteroatoms. The second kappa shape index (κ2) is 7.74. The van der Waals surface area contributed by atoms with E-state index >= 15 is 0 Å². The molecule has 0 saturated carbocycles. The summed E-state index contributed by atoms with van der Waals surface area (Å²) in [6.45, 7) is -0.0329. The fraction of sp³-hybridized carbons (Fsp3) is 0.176. The predicted octanol–water partition coefficient (Wildman–Crippen LogP) is 2.87. The highest BCUT2D eigenvalue weighted by Crippen LogP contribution is 2.11. The first-order chi connectivity index (χ1) is 11.0. The minimum atomic E-state index is -0.389. The third kappa shape index (κ3) is 4.79. The maximum atomic E-state index is 13.6. The highest BCUT2D eigenvalue weighted by molar-refractivity contribution is 6.30. The molecule has 0 spiro atoms. The van der Waals surface area contributed by atoms with Gasteiger partial charge in [-0.2, -0.15) is 0 Å². The monoisotopic (exact) mass is 334 g/mol. The Morgan fingerprint density at radius 1 is 1.17 bits per heavy atom. The molecular weight excluding hydrogens is 319 g/mol. The minimum absolute atomic E-state index is 0.137. The van der Waals surface area contributed by atoms with Crippen LogP contribution in [0, 0.1) is 5.82 Å². The zero-order valence-electron chi connectivity index (χ0n) is 12.6. The number of rotatable bonds is 5. The highest BCUT2D eigenvalue weighted by Gasteiger charge is 2.13. The molecule has 2 aromatic carbocycles. The maximum Gasteiger partial charge on any atom is 0.251 e. The quantitative estimate of drug-likeness (QED) is 0.914. The Balaban J connectivity index is 1.89. The Hall–Kier alpha value is -2.40. The van der Waals surface area contributed by atoms with Gasteiger partial charge in [0.2, 0.25) is 5.91 Å². The molecule has 2 aromatic rings. The van der Waals surface area contributed by atoms with Gasteiger partial charge < -0.3 is 10.2 Å². The molecule has 4 nitrogen and oxygen atoms in total. The molecule has 0 aliphatic rings. The van der Waals surface area contributed by atoms with Crippen molar-refractivity contribution >= 4 is 23.4 Å². The molecule has 0 heterocycles. The number of likely N-dealkylation sites (N-methyl/N-ethyl adjacent to an activating group) is 1. The molecule has 0 saturated heterocycles. The topological polar surface area (TPSA) is 49.4 Å². The Bertz CT molecular complexity index is 721. The molecule has 0 atom stereocenters. The van der Waals surface area contributed by atoms with Crippen molar-refractivity contribution in [2.24, 2.45) is 0 Å². The van der Waals surface area contributed by atoms with Gasteiger partial charge >= 0.3 is 0 Å². The van der Waals surface area contributed by atoms with E-state index in [1.54, 1.807) is 43.4 Å². The number of hydrogen-bond donors (Lipinski definition) is 1. The fourth-order valence-electron chi connectivity index (χ4n) is 1.99. The van der Waals surface area contributed by atoms with Gasteiger partial charge in [-0.25, -0.2) is 4.39 Å². The highest BCUT2D eigenvalue weighted by atomic mass is 35.5. The molecule has 0 radical (unpaired) electrons. The minimum Gasteiger partial charge on any atom is -0.343 e. The average Bonchev–Trinajstić information content (AvgIpc) is 2.54. The summed E-state index contributed by atoms with van der Waals surface area (Å²) >= 11 is 5.82. The van der Waals surface area contributed by atoms with E-state index in [0.29, 0.717) is 16.1 Å². The van der Waals surface area contributed by atoms with Crippen LogP contribution in [-0.4, -0.2) is 30.3 Å². The van der Waals surface area contributed by atoms with Crippen molar-refractivity contribution in [3.63, 3.8) is 0 Å². The summed E-state index contributed by atoms with van der Waals surface area (Å²) < 4.78 is 13.6. The number of carbonyl (C=O) groups excluding carboxylic acids is 2. The molecule has 0 aliphatic heterocycles. The second-order valence-electron chi connectivity index (χ2n) is 5.03. The summed E-state index contributed by atoms with van der Waals surface area (Å²) in [4.78, 5) is 25.3. The van der Waals surface area contributed by atoms with Crippen molar-refractivity contribution in [2.45, 2.75) is 6.54 Å². The van der Waals surface area contributed by atoms with Crippen LogP contribution in [0.3, 0.4) is 0 Å². The lowest BCUT2D eigenvalue weighted by Gasteiger charge is -2.18. The lowest BCUT2D eigenvalue weighted by molar-refractivity contribution is -0.129. The number of amides is 2. The molecule has 0 bridgehead atoms. The molecule has 0 aliphatic carbocycles. The van der Waals surface area contributed by atoms with Gasteiger partial charge in [0.15, 0.2) is 0 Å². The van der Waals surface area contributed by atoms with Crippen molar-refractivity contribution in [3.05, 3.63) is 70.5 Å². The van der Waals surface area contributed by atoms with Crippen molar-refractivity contribution in [1.82, 2.24) is 10.2 Å². The Morgan fingerprint density at radius 3 is 2.61 bits per heavy atom. The predicted molar refractivity (Wildman–Crippen MR) is 86.7 cm³/mol. The fourth-order valence-corrected chi connectivity index (χ4v) is 2.18. The molecule has 120 valence electrons. The summed E-state index contributed by atoms with van der Waals surface area (Å²) in [5.74, 6) is -1.07. The summed E-state index contributed by atoms with van der Waals surface area (Å²) in [7, 11) is 1.56. The number of nitrogens with one attached hydrogen (secondary N) is 1. The van der Waals surface area contributed by atoms with Crippen LogP contribution in [0.5, 0.6) is 0 Å². The van der Waals surface area contributed by atoms with Gasteiger partial charge in [0.25, 0.3) is 5.91 Å². The number of carbonyl (C=O) groups is 2. The van der Waals surface area contributed by atoms with Crippen LogP contribution >= 0.6 is 11.6 Å². The third-order valence-electron chi connectivity index (χ3n) is 3.28. The normalized spacial score (nSPS) is 10.2. The van der Waals surface area contributed by atoms with E-state index in [1.807, 2.05) is 0 Å². The molecule has 0 unspecified atom stereocenters. The second-order valence-corrected chi connectivity index (χ2v) is 5.47. The molecule has 0 fully saturated rings. The van der Waals surface area contributed by atoms with E-state index < -0.39 is 0 Å². The summed E-state index contributed by atoms with van der Waals surface area (Å²) in [5, 5.41) is 2.97. The molecule has 1 N–H and O–H groups in total. The number of hydrogen-bond acceptors (Lipinski definition) is 2. The van der Waals surface area contributed by atoms with Crippen molar-refractivity contribution in [2.75, 3.05) is 13.6 Å². The van der Waals surface area contributed by atoms with Gasteiger partial charge in [0.1, 0.15) is 5.82 Å². The smallest absolute Gasteiger partial charge is 0.251 e. The SMILES string of the molecule is CN(Cc1ccccc1F)C(=O)CNC(=O)c1cccc(Cl)c1. The van der Waals surface area contributed by atoms with Crippen molar-refractivity contribution in [1.29, 1.82) is 0 Å². The van der Waals surface area contributed by atoms with Crippen LogP contribution in [0.1, 0.15) is 15.9 Å². The maximum absolute atomic E-state index is 13.6. The van der Waals surface area contributed by atoms with Crippen LogP contribution < -0.4 is 5.32 Å². The van der Waals surface area contributed by atoms with Gasteiger partial charge in [-0.1, -0.05) is 35.9 Å². The number of halogens is 2. The number of benzene rings is 2. The van der Waals surface area contributed by atoms with E-state index in [0.717, 1.165) is 0 Å². The first-order valence-corrected chi connectivity index (χ1v) is 7.36. The lowest BCUT2D eigenvalue weighted by Crippen LogP contribution is -2.37. The van der Waals surface area contributed by atoms with Gasteiger partial charge in [-0.15, -0.1) is 0 Å². The molecule has 2 amide bonds. The van der Waals surface area contributed by atoms with Gasteiger partial charge in [0.05, 0.1) is 6.54 Å². The molecule has 0 aromatic heterocycles. The summed E-state index contributed by atoms with van der Waals surface area (Å²) in [6, 6.07) is 12.7. The van der Waals surface area contributed by atoms with E-state index in [1.165, 1.54) is 17.0 Å². The average molecular weight is 335 g/mol.